The lowest BCUT2D eigenvalue weighted by Crippen LogP contribution is -2.19. The van der Waals surface area contributed by atoms with Crippen LogP contribution in [0.25, 0.3) is 11.1 Å². The maximum Gasteiger partial charge on any atom is 0.150 e. The van der Waals surface area contributed by atoms with Gasteiger partial charge in [-0.25, -0.2) is 0 Å². The van der Waals surface area contributed by atoms with Crippen molar-refractivity contribution in [2.75, 3.05) is 33.9 Å². The van der Waals surface area contributed by atoms with E-state index in [2.05, 4.69) is 23.1 Å². The van der Waals surface area contributed by atoms with Crippen LogP contribution in [-0.2, 0) is 0 Å². The van der Waals surface area contributed by atoms with Gasteiger partial charge in [0.2, 0.25) is 0 Å². The Hall–Kier alpha value is -3.44. The van der Waals surface area contributed by atoms with Gasteiger partial charge < -0.3 is 24.2 Å². The van der Waals surface area contributed by atoms with Gasteiger partial charge in [0.15, 0.2) is 0 Å². The van der Waals surface area contributed by atoms with Crippen LogP contribution in [0.4, 0.5) is 0 Å². The van der Waals surface area contributed by atoms with Gasteiger partial charge in [-0.3, -0.25) is 0 Å². The fraction of sp³-hybridized carbons (Fsp3) is 0.259. The highest BCUT2D eigenvalue weighted by molar-refractivity contribution is 5.98. The highest BCUT2D eigenvalue weighted by Gasteiger charge is 2.33. The van der Waals surface area contributed by atoms with Gasteiger partial charge >= 0.3 is 0 Å². The Morgan fingerprint density at radius 1 is 0.969 bits per heavy atom. The minimum Gasteiger partial charge on any atom is -0.508 e. The van der Waals surface area contributed by atoms with Crippen LogP contribution in [0.3, 0.4) is 0 Å². The second-order valence-corrected chi connectivity index (χ2v) is 8.39. The van der Waals surface area contributed by atoms with Gasteiger partial charge in [-0.15, -0.1) is 0 Å². The summed E-state index contributed by atoms with van der Waals surface area (Å²) in [6.45, 7) is 2.06. The second-order valence-electron chi connectivity index (χ2n) is 8.39. The summed E-state index contributed by atoms with van der Waals surface area (Å²) in [5, 5.41) is 10.0. The molecule has 1 atom stereocenters. The number of aromatic hydroxyl groups is 1. The molecule has 2 aliphatic rings. The van der Waals surface area contributed by atoms with Gasteiger partial charge in [-0.2, -0.15) is 0 Å². The molecule has 3 aromatic carbocycles. The van der Waals surface area contributed by atoms with Crippen molar-refractivity contribution in [3.63, 3.8) is 0 Å². The third-order valence-corrected chi connectivity index (χ3v) is 5.90. The van der Waals surface area contributed by atoms with E-state index in [9.17, 15) is 5.11 Å². The molecule has 0 saturated carbocycles. The Morgan fingerprint density at radius 2 is 1.78 bits per heavy atom. The van der Waals surface area contributed by atoms with Crippen molar-refractivity contribution in [1.82, 2.24) is 4.90 Å². The molecule has 3 aromatic rings. The van der Waals surface area contributed by atoms with Gasteiger partial charge in [0, 0.05) is 35.7 Å². The lowest BCUT2D eigenvalue weighted by Gasteiger charge is -2.31. The van der Waals surface area contributed by atoms with Crippen molar-refractivity contribution in [3.8, 4) is 23.0 Å². The number of hydrogen-bond donors (Lipinski definition) is 1. The summed E-state index contributed by atoms with van der Waals surface area (Å²) in [4.78, 5) is 2.10. The molecule has 0 aromatic heterocycles. The third kappa shape index (κ3) is 3.92. The summed E-state index contributed by atoms with van der Waals surface area (Å²) in [6.07, 6.45) is 0.494. The Morgan fingerprint density at radius 3 is 2.59 bits per heavy atom. The normalized spacial score (nSPS) is 16.9. The van der Waals surface area contributed by atoms with Crippen LogP contribution in [0.5, 0.6) is 23.0 Å². The summed E-state index contributed by atoms with van der Waals surface area (Å²) in [5.74, 6) is 2.60. The molecule has 0 aliphatic carbocycles. The van der Waals surface area contributed by atoms with E-state index in [1.54, 1.807) is 12.1 Å². The van der Waals surface area contributed by atoms with E-state index < -0.39 is 0 Å². The minimum atomic E-state index is -0.277. The van der Waals surface area contributed by atoms with Gasteiger partial charge in [0.1, 0.15) is 35.7 Å². The van der Waals surface area contributed by atoms with Crippen molar-refractivity contribution in [2.24, 2.45) is 0 Å². The van der Waals surface area contributed by atoms with Crippen LogP contribution in [0, 0.1) is 0 Å². The quantitative estimate of drug-likeness (QED) is 0.607. The van der Waals surface area contributed by atoms with Gasteiger partial charge in [-0.1, -0.05) is 30.3 Å². The van der Waals surface area contributed by atoms with E-state index in [1.807, 2.05) is 50.5 Å². The summed E-state index contributed by atoms with van der Waals surface area (Å²) in [6, 6.07) is 21.6. The Bertz CT molecular complexity index is 1150. The molecule has 0 bridgehead atoms. The average molecular weight is 430 g/mol. The first kappa shape index (κ1) is 20.5. The van der Waals surface area contributed by atoms with E-state index >= 15 is 0 Å². The molecule has 164 valence electrons. The number of likely N-dealkylation sites (N-methyl/N-ethyl adjacent to an activating group) is 1. The molecule has 5 rings (SSSR count). The molecule has 0 saturated heterocycles. The zero-order valence-electron chi connectivity index (χ0n) is 18.4. The monoisotopic (exact) mass is 429 g/mol. The number of para-hydroxylation sites is 1. The topological polar surface area (TPSA) is 51.2 Å². The van der Waals surface area contributed by atoms with Crippen molar-refractivity contribution >= 4 is 11.1 Å². The first-order chi connectivity index (χ1) is 15.6. The number of fused-ring (bicyclic) bond motifs is 4. The number of rotatable bonds is 5. The maximum atomic E-state index is 10.0. The molecule has 2 heterocycles. The number of phenols is 1. The van der Waals surface area contributed by atoms with Crippen molar-refractivity contribution in [1.29, 1.82) is 0 Å². The van der Waals surface area contributed by atoms with Crippen LogP contribution in [0.2, 0.25) is 0 Å². The zero-order valence-corrected chi connectivity index (χ0v) is 18.4. The van der Waals surface area contributed by atoms with Crippen molar-refractivity contribution in [3.05, 3.63) is 83.4 Å². The fourth-order valence-corrected chi connectivity index (χ4v) is 4.32. The lowest BCUT2D eigenvalue weighted by atomic mass is 9.84. The number of hydrogen-bond acceptors (Lipinski definition) is 5. The number of nitrogens with zero attached hydrogens (tertiary/aromatic N) is 1. The molecule has 5 heteroatoms. The van der Waals surface area contributed by atoms with Crippen molar-refractivity contribution < 1.29 is 19.3 Å². The summed E-state index contributed by atoms with van der Waals surface area (Å²) in [5.41, 5.74) is 5.44. The number of ether oxygens (including phenoxy) is 3. The standard InChI is InChI=1S/C27H27NO4/c1-28(2)14-16-30-20-10-7-18(8-11-20)27-26-22(21-5-3-4-6-24(21)32-27)13-15-31-25-17-19(29)9-12-23(25)26/h3-12,17,27,29H,13-16H2,1-2H3. The number of phenolic OH excluding ortho intramolecular Hbond substituents is 1. The molecule has 5 nitrogen and oxygen atoms in total. The largest absolute Gasteiger partial charge is 0.508 e. The molecule has 0 spiro atoms. The summed E-state index contributed by atoms with van der Waals surface area (Å²) >= 11 is 0. The molecule has 0 fully saturated rings. The highest BCUT2D eigenvalue weighted by atomic mass is 16.5. The SMILES string of the molecule is CN(C)CCOc1ccc(C2Oc3ccccc3C3=C2c2ccc(O)cc2OCC3)cc1. The van der Waals surface area contributed by atoms with Crippen LogP contribution in [0.15, 0.2) is 66.7 Å². The highest BCUT2D eigenvalue weighted by Crippen LogP contribution is 2.51. The van der Waals surface area contributed by atoms with Crippen molar-refractivity contribution in [2.45, 2.75) is 12.5 Å². The fourth-order valence-electron chi connectivity index (χ4n) is 4.32. The Labute approximate surface area is 188 Å². The summed E-state index contributed by atoms with van der Waals surface area (Å²) in [7, 11) is 4.06. The maximum absolute atomic E-state index is 10.0. The second kappa shape index (κ2) is 8.60. The van der Waals surface area contributed by atoms with Crippen LogP contribution >= 0.6 is 0 Å². The van der Waals surface area contributed by atoms with Crippen LogP contribution in [0.1, 0.15) is 29.2 Å². The van der Waals surface area contributed by atoms with Gasteiger partial charge in [0.25, 0.3) is 0 Å². The average Bonchev–Trinajstić information content (AvgIpc) is 2.98. The predicted molar refractivity (Wildman–Crippen MR) is 125 cm³/mol. The van der Waals surface area contributed by atoms with Crippen LogP contribution in [-0.4, -0.2) is 43.9 Å². The van der Waals surface area contributed by atoms with Crippen LogP contribution < -0.4 is 14.2 Å². The molecule has 1 N–H and O–H groups in total. The van der Waals surface area contributed by atoms with E-state index in [1.165, 1.54) is 5.57 Å². The number of benzene rings is 3. The molecule has 32 heavy (non-hydrogen) atoms. The van der Waals surface area contributed by atoms with Gasteiger partial charge in [-0.05, 0) is 55.6 Å². The molecular weight excluding hydrogens is 402 g/mol. The minimum absolute atomic E-state index is 0.195. The molecule has 0 amide bonds. The van der Waals surface area contributed by atoms with Gasteiger partial charge in [0.05, 0.1) is 6.61 Å². The van der Waals surface area contributed by atoms with E-state index in [-0.39, 0.29) is 11.9 Å². The van der Waals surface area contributed by atoms with E-state index in [0.29, 0.717) is 19.0 Å². The molecule has 0 radical (unpaired) electrons. The predicted octanol–water partition coefficient (Wildman–Crippen LogP) is 5.16. The molecule has 2 aliphatic heterocycles. The molecule has 1 unspecified atom stereocenters. The Kier molecular flexibility index (Phi) is 5.50. The first-order valence-electron chi connectivity index (χ1n) is 10.9. The first-order valence-corrected chi connectivity index (χ1v) is 10.9. The zero-order chi connectivity index (χ0) is 22.1. The smallest absolute Gasteiger partial charge is 0.150 e. The Balaban J connectivity index is 1.56. The third-order valence-electron chi connectivity index (χ3n) is 5.90. The van der Waals surface area contributed by atoms with E-state index in [4.69, 9.17) is 14.2 Å². The lowest BCUT2D eigenvalue weighted by molar-refractivity contribution is 0.256. The summed E-state index contributed by atoms with van der Waals surface area (Å²) < 4.78 is 18.5. The van der Waals surface area contributed by atoms with E-state index in [0.717, 1.165) is 46.7 Å². The molecular formula is C27H27NO4.